The van der Waals surface area contributed by atoms with Crippen LogP contribution in [0.5, 0.6) is 5.75 Å². The minimum atomic E-state index is -2.90. The Labute approximate surface area is 139 Å². The van der Waals surface area contributed by atoms with Gasteiger partial charge in [-0.25, -0.2) is 0 Å². The van der Waals surface area contributed by atoms with Crippen LogP contribution in [0.15, 0.2) is 40.9 Å². The molecule has 0 radical (unpaired) electrons. The van der Waals surface area contributed by atoms with Gasteiger partial charge in [0.05, 0.1) is 5.02 Å². The highest BCUT2D eigenvalue weighted by Crippen LogP contribution is 2.29. The molecule has 2 nitrogen and oxygen atoms in total. The molecule has 0 aliphatic carbocycles. The number of alkyl halides is 2. The molecule has 7 heteroatoms. The van der Waals surface area contributed by atoms with E-state index in [-0.39, 0.29) is 10.8 Å². The van der Waals surface area contributed by atoms with E-state index in [1.165, 1.54) is 12.1 Å². The summed E-state index contributed by atoms with van der Waals surface area (Å²) in [6.45, 7) is -2.39. The predicted octanol–water partition coefficient (Wildman–Crippen LogP) is 5.97. The SMILES string of the molecule is FC(F)Oc1ccc(NCc2cc(Cl)ccc2Br)cc1Cl. The predicted molar refractivity (Wildman–Crippen MR) is 84.6 cm³/mol. The van der Waals surface area contributed by atoms with E-state index in [4.69, 9.17) is 23.2 Å². The topological polar surface area (TPSA) is 21.3 Å². The van der Waals surface area contributed by atoms with E-state index in [1.54, 1.807) is 12.1 Å². The lowest BCUT2D eigenvalue weighted by Crippen LogP contribution is -2.03. The van der Waals surface area contributed by atoms with Crippen molar-refractivity contribution in [3.8, 4) is 5.75 Å². The number of ether oxygens (including phenoxy) is 1. The minimum Gasteiger partial charge on any atom is -0.433 e. The molecule has 0 atom stereocenters. The molecule has 0 aromatic heterocycles. The summed E-state index contributed by atoms with van der Waals surface area (Å²) in [7, 11) is 0. The maximum absolute atomic E-state index is 12.1. The fraction of sp³-hybridized carbons (Fsp3) is 0.143. The molecule has 0 aliphatic rings. The van der Waals surface area contributed by atoms with Gasteiger partial charge in [0.15, 0.2) is 0 Å². The van der Waals surface area contributed by atoms with Crippen LogP contribution in [0.2, 0.25) is 10.0 Å². The summed E-state index contributed by atoms with van der Waals surface area (Å²) in [4.78, 5) is 0. The van der Waals surface area contributed by atoms with E-state index in [1.807, 2.05) is 12.1 Å². The lowest BCUT2D eigenvalue weighted by atomic mass is 10.2. The minimum absolute atomic E-state index is 0.0545. The van der Waals surface area contributed by atoms with Crippen molar-refractivity contribution in [2.45, 2.75) is 13.2 Å². The van der Waals surface area contributed by atoms with Crippen LogP contribution < -0.4 is 10.1 Å². The quantitative estimate of drug-likeness (QED) is 0.672. The van der Waals surface area contributed by atoms with Crippen LogP contribution in [0.1, 0.15) is 5.56 Å². The largest absolute Gasteiger partial charge is 0.433 e. The molecular weight excluding hydrogens is 387 g/mol. The summed E-state index contributed by atoms with van der Waals surface area (Å²) >= 11 is 15.2. The summed E-state index contributed by atoms with van der Waals surface area (Å²) in [5, 5.41) is 3.88. The molecule has 0 aliphatic heterocycles. The van der Waals surface area contributed by atoms with Gasteiger partial charge in [0.25, 0.3) is 0 Å². The second kappa shape index (κ2) is 7.29. The number of benzene rings is 2. The smallest absolute Gasteiger partial charge is 0.387 e. The molecule has 112 valence electrons. The van der Waals surface area contributed by atoms with Crippen molar-refractivity contribution in [1.29, 1.82) is 0 Å². The Kier molecular flexibility index (Phi) is 5.67. The standard InChI is InChI=1S/C14H10BrCl2F2NO/c15-11-3-1-9(16)5-8(11)7-20-10-2-4-13(12(17)6-10)21-14(18)19/h1-6,14,20H,7H2. The number of hydrogen-bond donors (Lipinski definition) is 1. The number of halogens is 5. The zero-order valence-electron chi connectivity index (χ0n) is 10.5. The fourth-order valence-electron chi connectivity index (χ4n) is 1.68. The van der Waals surface area contributed by atoms with Gasteiger partial charge in [-0.1, -0.05) is 39.1 Å². The molecule has 2 aromatic rings. The van der Waals surface area contributed by atoms with Crippen molar-refractivity contribution in [2.75, 3.05) is 5.32 Å². The van der Waals surface area contributed by atoms with E-state index in [0.29, 0.717) is 17.3 Å². The van der Waals surface area contributed by atoms with Crippen molar-refractivity contribution in [3.63, 3.8) is 0 Å². The van der Waals surface area contributed by atoms with E-state index in [0.717, 1.165) is 10.0 Å². The highest BCUT2D eigenvalue weighted by atomic mass is 79.9. The molecule has 1 N–H and O–H groups in total. The highest BCUT2D eigenvalue weighted by Gasteiger charge is 2.09. The molecule has 0 unspecified atom stereocenters. The molecule has 0 bridgehead atoms. The number of nitrogens with one attached hydrogen (secondary N) is 1. The third-order valence-electron chi connectivity index (χ3n) is 2.64. The van der Waals surface area contributed by atoms with Crippen molar-refractivity contribution in [3.05, 3.63) is 56.5 Å². The molecule has 0 amide bonds. The van der Waals surface area contributed by atoms with E-state index < -0.39 is 6.61 Å². The zero-order valence-corrected chi connectivity index (χ0v) is 13.6. The first-order valence-electron chi connectivity index (χ1n) is 5.88. The molecule has 2 aromatic carbocycles. The molecule has 0 fully saturated rings. The van der Waals surface area contributed by atoms with Crippen LogP contribution in [0.4, 0.5) is 14.5 Å². The summed E-state index contributed by atoms with van der Waals surface area (Å²) in [5.74, 6) is -0.0545. The second-order valence-corrected chi connectivity index (χ2v) is 5.81. The van der Waals surface area contributed by atoms with Crippen LogP contribution in [-0.4, -0.2) is 6.61 Å². The highest BCUT2D eigenvalue weighted by molar-refractivity contribution is 9.10. The van der Waals surface area contributed by atoms with Gasteiger partial charge in [0.2, 0.25) is 0 Å². The summed E-state index contributed by atoms with van der Waals surface area (Å²) < 4.78 is 29.5. The first-order chi connectivity index (χ1) is 9.95. The van der Waals surface area contributed by atoms with Crippen molar-refractivity contribution < 1.29 is 13.5 Å². The van der Waals surface area contributed by atoms with Crippen molar-refractivity contribution in [1.82, 2.24) is 0 Å². The maximum atomic E-state index is 12.1. The molecular formula is C14H10BrCl2F2NO. The average molecular weight is 397 g/mol. The average Bonchev–Trinajstić information content (AvgIpc) is 2.42. The maximum Gasteiger partial charge on any atom is 0.387 e. The van der Waals surface area contributed by atoms with Crippen LogP contribution in [0.3, 0.4) is 0 Å². The van der Waals surface area contributed by atoms with Gasteiger partial charge in [-0.3, -0.25) is 0 Å². The van der Waals surface area contributed by atoms with Crippen LogP contribution in [-0.2, 0) is 6.54 Å². The van der Waals surface area contributed by atoms with Gasteiger partial charge in [-0.2, -0.15) is 8.78 Å². The summed E-state index contributed by atoms with van der Waals surface area (Å²) in [5.41, 5.74) is 1.65. The Hall–Kier alpha value is -1.04. The normalized spacial score (nSPS) is 10.8. The number of anilines is 1. The molecule has 2 rings (SSSR count). The monoisotopic (exact) mass is 395 g/mol. The third kappa shape index (κ3) is 4.73. The van der Waals surface area contributed by atoms with Gasteiger partial charge < -0.3 is 10.1 Å². The Bertz CT molecular complexity index is 640. The van der Waals surface area contributed by atoms with Gasteiger partial charge in [-0.05, 0) is 42.0 Å². The van der Waals surface area contributed by atoms with Crippen LogP contribution >= 0.6 is 39.1 Å². The second-order valence-electron chi connectivity index (χ2n) is 4.11. The number of hydrogen-bond acceptors (Lipinski definition) is 2. The Morgan fingerprint density at radius 2 is 1.90 bits per heavy atom. The number of rotatable bonds is 5. The van der Waals surface area contributed by atoms with Crippen LogP contribution in [0.25, 0.3) is 0 Å². The Morgan fingerprint density at radius 3 is 2.57 bits per heavy atom. The molecule has 0 spiro atoms. The summed E-state index contributed by atoms with van der Waals surface area (Å²) in [6.07, 6.45) is 0. The fourth-order valence-corrected chi connectivity index (χ4v) is 2.49. The van der Waals surface area contributed by atoms with Gasteiger partial charge in [-0.15, -0.1) is 0 Å². The van der Waals surface area contributed by atoms with Crippen molar-refractivity contribution >= 4 is 44.8 Å². The lowest BCUT2D eigenvalue weighted by molar-refractivity contribution is -0.0497. The molecule has 0 saturated carbocycles. The van der Waals surface area contributed by atoms with E-state index in [9.17, 15) is 8.78 Å². The first kappa shape index (κ1) is 16.3. The Balaban J connectivity index is 2.07. The first-order valence-corrected chi connectivity index (χ1v) is 7.43. The molecule has 0 saturated heterocycles. The molecule has 0 heterocycles. The van der Waals surface area contributed by atoms with E-state index >= 15 is 0 Å². The van der Waals surface area contributed by atoms with Crippen LogP contribution in [0, 0.1) is 0 Å². The third-order valence-corrected chi connectivity index (χ3v) is 3.94. The lowest BCUT2D eigenvalue weighted by Gasteiger charge is -2.11. The molecule has 21 heavy (non-hydrogen) atoms. The summed E-state index contributed by atoms with van der Waals surface area (Å²) in [6, 6.07) is 9.99. The zero-order chi connectivity index (χ0) is 15.4. The van der Waals surface area contributed by atoms with E-state index in [2.05, 4.69) is 26.0 Å². The van der Waals surface area contributed by atoms with Gasteiger partial charge >= 0.3 is 6.61 Å². The van der Waals surface area contributed by atoms with Gasteiger partial charge in [0.1, 0.15) is 5.75 Å². The Morgan fingerprint density at radius 1 is 1.14 bits per heavy atom. The van der Waals surface area contributed by atoms with Crippen molar-refractivity contribution in [2.24, 2.45) is 0 Å². The van der Waals surface area contributed by atoms with Gasteiger partial charge in [0, 0.05) is 21.7 Å².